The average Bonchev–Trinajstić information content (AvgIpc) is 2.91. The highest BCUT2D eigenvalue weighted by molar-refractivity contribution is 7.99. The minimum Gasteiger partial charge on any atom is -0.497 e. The van der Waals surface area contributed by atoms with Crippen LogP contribution in [0.1, 0.15) is 44.1 Å². The van der Waals surface area contributed by atoms with Crippen LogP contribution in [0, 0.1) is 11.8 Å². The molecule has 1 aromatic carbocycles. The molecule has 0 radical (unpaired) electrons. The van der Waals surface area contributed by atoms with E-state index in [9.17, 15) is 9.90 Å². The molecule has 7 heteroatoms. The van der Waals surface area contributed by atoms with Gasteiger partial charge in [-0.1, -0.05) is 0 Å². The van der Waals surface area contributed by atoms with Crippen LogP contribution in [0.4, 0.5) is 0 Å². The summed E-state index contributed by atoms with van der Waals surface area (Å²) >= 11 is 1.86. The summed E-state index contributed by atoms with van der Waals surface area (Å²) in [6.45, 7) is 3.21. The van der Waals surface area contributed by atoms with Crippen LogP contribution in [0.5, 0.6) is 5.75 Å². The second-order valence-corrected chi connectivity index (χ2v) is 10.8. The molecule has 2 aromatic heterocycles. The van der Waals surface area contributed by atoms with Gasteiger partial charge in [-0.05, 0) is 111 Å². The summed E-state index contributed by atoms with van der Waals surface area (Å²) in [5.41, 5.74) is 2.31. The Balaban J connectivity index is 1.28. The second kappa shape index (κ2) is 13.6. The van der Waals surface area contributed by atoms with Crippen molar-refractivity contribution in [2.45, 2.75) is 49.8 Å². The quantitative estimate of drug-likeness (QED) is 0.226. The first kappa shape index (κ1) is 26.4. The first-order chi connectivity index (χ1) is 17.6. The van der Waals surface area contributed by atoms with Crippen molar-refractivity contribution in [1.29, 1.82) is 0 Å². The minimum absolute atomic E-state index is 0.265. The number of methoxy groups -OCH3 is 1. The first-order valence-electron chi connectivity index (χ1n) is 13.0. The van der Waals surface area contributed by atoms with Crippen molar-refractivity contribution in [2.24, 2.45) is 11.8 Å². The molecule has 2 atom stereocenters. The number of carboxylic acid groups (broad SMARTS) is 1. The highest BCUT2D eigenvalue weighted by atomic mass is 32.2. The molecule has 1 N–H and O–H groups in total. The highest BCUT2D eigenvalue weighted by Crippen LogP contribution is 2.32. The van der Waals surface area contributed by atoms with Crippen LogP contribution in [0.2, 0.25) is 0 Å². The Morgan fingerprint density at radius 1 is 1.17 bits per heavy atom. The van der Waals surface area contributed by atoms with Crippen LogP contribution in [0.25, 0.3) is 10.9 Å². The number of aryl methyl sites for hydroxylation is 1. The third-order valence-corrected chi connectivity index (χ3v) is 8.35. The molecule has 1 aliphatic heterocycles. The summed E-state index contributed by atoms with van der Waals surface area (Å²) in [6, 6.07) is 12.3. The molecule has 0 bridgehead atoms. The molecule has 0 amide bonds. The highest BCUT2D eigenvalue weighted by Gasteiger charge is 2.29. The molecule has 0 aliphatic carbocycles. The summed E-state index contributed by atoms with van der Waals surface area (Å²) < 4.78 is 5.42. The third-order valence-electron chi connectivity index (χ3n) is 7.29. The number of likely N-dealkylation sites (tertiary alicyclic amines) is 1. The van der Waals surface area contributed by atoms with Gasteiger partial charge in [-0.25, -0.2) is 0 Å². The zero-order valence-corrected chi connectivity index (χ0v) is 22.0. The Labute approximate surface area is 218 Å². The molecule has 1 aliphatic rings. The molecule has 2 unspecified atom stereocenters. The van der Waals surface area contributed by atoms with Crippen molar-refractivity contribution in [3.63, 3.8) is 0 Å². The number of carboxylic acids is 1. The van der Waals surface area contributed by atoms with Crippen LogP contribution in [-0.2, 0) is 11.2 Å². The Hall–Kier alpha value is -2.64. The number of piperidine rings is 1. The number of benzene rings is 1. The predicted molar refractivity (Wildman–Crippen MR) is 146 cm³/mol. The van der Waals surface area contributed by atoms with Gasteiger partial charge in [0, 0.05) is 41.8 Å². The molecule has 4 rings (SSSR count). The number of fused-ring (bicyclic) bond motifs is 1. The molecule has 1 saturated heterocycles. The number of hydrogen-bond acceptors (Lipinski definition) is 6. The monoisotopic (exact) mass is 507 g/mol. The van der Waals surface area contributed by atoms with Crippen LogP contribution >= 0.6 is 11.8 Å². The number of rotatable bonds is 13. The van der Waals surface area contributed by atoms with E-state index in [0.717, 1.165) is 75.2 Å². The van der Waals surface area contributed by atoms with Crippen LogP contribution in [-0.4, -0.2) is 58.4 Å². The largest absolute Gasteiger partial charge is 0.497 e. The maximum Gasteiger partial charge on any atom is 0.303 e. The number of pyridine rings is 2. The van der Waals surface area contributed by atoms with Gasteiger partial charge in [-0.3, -0.25) is 14.8 Å². The summed E-state index contributed by atoms with van der Waals surface area (Å²) in [5, 5.41) is 10.5. The molecule has 0 spiro atoms. The van der Waals surface area contributed by atoms with E-state index in [1.807, 2.05) is 48.6 Å². The lowest BCUT2D eigenvalue weighted by Gasteiger charge is -2.39. The fourth-order valence-corrected chi connectivity index (χ4v) is 6.19. The Morgan fingerprint density at radius 3 is 2.89 bits per heavy atom. The third kappa shape index (κ3) is 7.68. The fraction of sp³-hybridized carbons (Fsp3) is 0.483. The van der Waals surface area contributed by atoms with Gasteiger partial charge in [-0.2, -0.15) is 0 Å². The Morgan fingerprint density at radius 2 is 2.08 bits per heavy atom. The molecular formula is C29H37N3O3S. The Bertz CT molecular complexity index is 1110. The molecule has 6 nitrogen and oxygen atoms in total. The number of thioether (sulfide) groups is 1. The maximum absolute atomic E-state index is 11.3. The molecule has 192 valence electrons. The standard InChI is InChI=1S/C29H37N3O3S/c1-35-25-9-10-28-27(19-25)23(12-15-31-28)6-2-5-22-13-17-32(21-24(22)8-11-29(33)34)16-4-18-36-26-7-3-14-30-20-26/h3,7,9-10,12,14-15,19-20,22,24H,2,4-6,8,11,13,16-18,21H2,1H3,(H,33,34). The van der Waals surface area contributed by atoms with E-state index in [4.69, 9.17) is 4.74 Å². The average molecular weight is 508 g/mol. The second-order valence-electron chi connectivity index (χ2n) is 9.68. The minimum atomic E-state index is -0.684. The van der Waals surface area contributed by atoms with Crippen molar-refractivity contribution < 1.29 is 14.6 Å². The van der Waals surface area contributed by atoms with E-state index in [1.165, 1.54) is 15.8 Å². The van der Waals surface area contributed by atoms with E-state index in [1.54, 1.807) is 7.11 Å². The summed E-state index contributed by atoms with van der Waals surface area (Å²) in [7, 11) is 1.69. The van der Waals surface area contributed by atoms with Gasteiger partial charge in [-0.15, -0.1) is 11.8 Å². The van der Waals surface area contributed by atoms with Crippen molar-refractivity contribution >= 4 is 28.6 Å². The molecule has 1 fully saturated rings. The van der Waals surface area contributed by atoms with Gasteiger partial charge >= 0.3 is 5.97 Å². The van der Waals surface area contributed by atoms with E-state index in [-0.39, 0.29) is 6.42 Å². The van der Waals surface area contributed by atoms with E-state index >= 15 is 0 Å². The lowest BCUT2D eigenvalue weighted by Crippen LogP contribution is -2.41. The topological polar surface area (TPSA) is 75.5 Å². The molecular weight excluding hydrogens is 470 g/mol. The summed E-state index contributed by atoms with van der Waals surface area (Å²) in [5.74, 6) is 2.30. The van der Waals surface area contributed by atoms with Gasteiger partial charge in [0.25, 0.3) is 0 Å². The van der Waals surface area contributed by atoms with Gasteiger partial charge in [0.15, 0.2) is 0 Å². The van der Waals surface area contributed by atoms with Gasteiger partial charge < -0.3 is 14.7 Å². The smallest absolute Gasteiger partial charge is 0.303 e. The number of nitrogens with zero attached hydrogens (tertiary/aromatic N) is 3. The number of carbonyl (C=O) groups is 1. The molecule has 3 heterocycles. The molecule has 0 saturated carbocycles. The Kier molecular flexibility index (Phi) is 9.99. The van der Waals surface area contributed by atoms with Crippen LogP contribution in [0.3, 0.4) is 0 Å². The summed E-state index contributed by atoms with van der Waals surface area (Å²) in [4.78, 5) is 23.8. The van der Waals surface area contributed by atoms with Crippen molar-refractivity contribution in [3.8, 4) is 5.75 Å². The fourth-order valence-electron chi connectivity index (χ4n) is 5.37. The zero-order valence-electron chi connectivity index (χ0n) is 21.1. The summed E-state index contributed by atoms with van der Waals surface area (Å²) in [6.07, 6.45) is 12.2. The van der Waals surface area contributed by atoms with Crippen LogP contribution < -0.4 is 4.74 Å². The SMILES string of the molecule is COc1ccc2nccc(CCCC3CCN(CCCSc4cccnc4)CC3CCC(=O)O)c2c1. The zero-order chi connectivity index (χ0) is 25.2. The predicted octanol–water partition coefficient (Wildman–Crippen LogP) is 5.95. The first-order valence-corrected chi connectivity index (χ1v) is 14.0. The lowest BCUT2D eigenvalue weighted by molar-refractivity contribution is -0.137. The van der Waals surface area contributed by atoms with Crippen molar-refractivity contribution in [2.75, 3.05) is 32.5 Å². The van der Waals surface area contributed by atoms with Gasteiger partial charge in [0.2, 0.25) is 0 Å². The number of ether oxygens (including phenoxy) is 1. The number of aliphatic carboxylic acids is 1. The normalized spacial score (nSPS) is 18.4. The van der Waals surface area contributed by atoms with Gasteiger partial charge in [0.1, 0.15) is 5.75 Å². The van der Waals surface area contributed by atoms with Crippen molar-refractivity contribution in [1.82, 2.24) is 14.9 Å². The van der Waals surface area contributed by atoms with E-state index < -0.39 is 5.97 Å². The van der Waals surface area contributed by atoms with Crippen molar-refractivity contribution in [3.05, 3.63) is 60.6 Å². The molecule has 3 aromatic rings. The maximum atomic E-state index is 11.3. The number of aromatic nitrogens is 2. The van der Waals surface area contributed by atoms with E-state index in [2.05, 4.69) is 33.1 Å². The number of hydrogen-bond donors (Lipinski definition) is 1. The lowest BCUT2D eigenvalue weighted by atomic mass is 9.79. The molecule has 36 heavy (non-hydrogen) atoms. The van der Waals surface area contributed by atoms with Gasteiger partial charge in [0.05, 0.1) is 12.6 Å². The van der Waals surface area contributed by atoms with E-state index in [0.29, 0.717) is 11.8 Å². The van der Waals surface area contributed by atoms with Crippen LogP contribution in [0.15, 0.2) is 59.9 Å².